The highest BCUT2D eigenvalue weighted by Gasteiger charge is 2.30. The first-order chi connectivity index (χ1) is 15.1. The Morgan fingerprint density at radius 2 is 1.81 bits per heavy atom. The maximum atomic E-state index is 12.8. The SMILES string of the molecule is Cc1cc(SCc2sc(-c3ccc(C(F)(F)F)cc3)nc2C)c2sc(CC(=O)O)nc2c1. The van der Waals surface area contributed by atoms with Crippen LogP contribution in [0.3, 0.4) is 0 Å². The second kappa shape index (κ2) is 8.84. The van der Waals surface area contributed by atoms with E-state index in [1.807, 2.05) is 19.9 Å². The van der Waals surface area contributed by atoms with E-state index in [2.05, 4.69) is 16.0 Å². The van der Waals surface area contributed by atoms with Gasteiger partial charge in [0.05, 0.1) is 27.9 Å². The minimum Gasteiger partial charge on any atom is -0.481 e. The molecule has 0 amide bonds. The topological polar surface area (TPSA) is 63.1 Å². The van der Waals surface area contributed by atoms with Gasteiger partial charge in [0.1, 0.15) is 10.0 Å². The fourth-order valence-electron chi connectivity index (χ4n) is 3.12. The number of aliphatic carboxylic acids is 1. The van der Waals surface area contributed by atoms with Gasteiger partial charge in [-0.25, -0.2) is 9.97 Å². The molecule has 2 aromatic carbocycles. The van der Waals surface area contributed by atoms with E-state index >= 15 is 0 Å². The molecule has 0 fully saturated rings. The Hall–Kier alpha value is -2.43. The number of rotatable bonds is 6. The highest BCUT2D eigenvalue weighted by atomic mass is 32.2. The van der Waals surface area contributed by atoms with Crippen molar-refractivity contribution in [3.8, 4) is 10.6 Å². The predicted molar refractivity (Wildman–Crippen MR) is 123 cm³/mol. The third-order valence-electron chi connectivity index (χ3n) is 4.66. The van der Waals surface area contributed by atoms with Gasteiger partial charge in [0.25, 0.3) is 0 Å². The smallest absolute Gasteiger partial charge is 0.416 e. The molecule has 2 heterocycles. The highest BCUT2D eigenvalue weighted by molar-refractivity contribution is 7.99. The lowest BCUT2D eigenvalue weighted by Gasteiger charge is -2.06. The van der Waals surface area contributed by atoms with Crippen molar-refractivity contribution in [2.24, 2.45) is 0 Å². The van der Waals surface area contributed by atoms with Crippen molar-refractivity contribution in [2.75, 3.05) is 0 Å². The summed E-state index contributed by atoms with van der Waals surface area (Å²) >= 11 is 4.48. The minimum absolute atomic E-state index is 0.104. The number of aromatic nitrogens is 2. The monoisotopic (exact) mass is 494 g/mol. The van der Waals surface area contributed by atoms with Crippen molar-refractivity contribution >= 4 is 50.6 Å². The van der Waals surface area contributed by atoms with Crippen LogP contribution in [0.25, 0.3) is 20.8 Å². The van der Waals surface area contributed by atoms with Crippen LogP contribution in [0.2, 0.25) is 0 Å². The first-order valence-electron chi connectivity index (χ1n) is 9.49. The number of fused-ring (bicyclic) bond motifs is 1. The number of hydrogen-bond donors (Lipinski definition) is 1. The van der Waals surface area contributed by atoms with E-state index in [1.165, 1.54) is 34.8 Å². The van der Waals surface area contributed by atoms with E-state index in [9.17, 15) is 18.0 Å². The quantitative estimate of drug-likeness (QED) is 0.293. The van der Waals surface area contributed by atoms with Crippen LogP contribution in [-0.4, -0.2) is 21.0 Å². The van der Waals surface area contributed by atoms with Crippen LogP contribution in [0.15, 0.2) is 41.3 Å². The fraction of sp³-hybridized carbons (Fsp3) is 0.227. The number of carboxylic acids is 1. The number of carboxylic acid groups (broad SMARTS) is 1. The van der Waals surface area contributed by atoms with Crippen LogP contribution in [0, 0.1) is 13.8 Å². The minimum atomic E-state index is -4.36. The number of thioether (sulfide) groups is 1. The first kappa shape index (κ1) is 22.8. The first-order valence-corrected chi connectivity index (χ1v) is 12.1. The largest absolute Gasteiger partial charge is 0.481 e. The Morgan fingerprint density at radius 3 is 2.47 bits per heavy atom. The molecular formula is C22H17F3N2O2S3. The molecule has 166 valence electrons. The molecular weight excluding hydrogens is 477 g/mol. The van der Waals surface area contributed by atoms with Gasteiger partial charge in [0, 0.05) is 21.1 Å². The summed E-state index contributed by atoms with van der Waals surface area (Å²) in [7, 11) is 0. The number of alkyl halides is 3. The average molecular weight is 495 g/mol. The number of nitrogens with zero attached hydrogens (tertiary/aromatic N) is 2. The third kappa shape index (κ3) is 4.97. The number of hydrogen-bond acceptors (Lipinski definition) is 6. The number of halogens is 3. The van der Waals surface area contributed by atoms with Crippen molar-refractivity contribution in [1.82, 2.24) is 9.97 Å². The van der Waals surface area contributed by atoms with Gasteiger partial charge < -0.3 is 5.11 Å². The molecule has 0 saturated heterocycles. The second-order valence-corrected chi connectivity index (χ2v) is 10.4. The lowest BCUT2D eigenvalue weighted by Crippen LogP contribution is -2.03. The fourth-order valence-corrected chi connectivity index (χ4v) is 6.65. The molecule has 1 N–H and O–H groups in total. The van der Waals surface area contributed by atoms with Gasteiger partial charge in [-0.2, -0.15) is 13.2 Å². The molecule has 0 aliphatic rings. The Bertz CT molecular complexity index is 1290. The maximum absolute atomic E-state index is 12.8. The van der Waals surface area contributed by atoms with E-state index in [1.54, 1.807) is 11.8 Å². The van der Waals surface area contributed by atoms with Gasteiger partial charge >= 0.3 is 12.1 Å². The van der Waals surface area contributed by atoms with Crippen molar-refractivity contribution < 1.29 is 23.1 Å². The normalized spacial score (nSPS) is 11.9. The van der Waals surface area contributed by atoms with Crippen molar-refractivity contribution in [3.63, 3.8) is 0 Å². The van der Waals surface area contributed by atoms with E-state index in [0.717, 1.165) is 43.4 Å². The second-order valence-electron chi connectivity index (χ2n) is 7.18. The highest BCUT2D eigenvalue weighted by Crippen LogP contribution is 2.38. The molecule has 0 saturated carbocycles. The molecule has 0 bridgehead atoms. The Labute approximate surface area is 194 Å². The number of thiazole rings is 2. The summed E-state index contributed by atoms with van der Waals surface area (Å²) in [5, 5.41) is 10.3. The van der Waals surface area contributed by atoms with Gasteiger partial charge in [-0.3, -0.25) is 4.79 Å². The third-order valence-corrected chi connectivity index (χ3v) is 8.35. The maximum Gasteiger partial charge on any atom is 0.416 e. The van der Waals surface area contributed by atoms with Crippen LogP contribution in [0.1, 0.15) is 26.7 Å². The van der Waals surface area contributed by atoms with Crippen LogP contribution in [-0.2, 0) is 23.1 Å². The van der Waals surface area contributed by atoms with E-state index in [4.69, 9.17) is 5.11 Å². The molecule has 4 rings (SSSR count). The zero-order valence-electron chi connectivity index (χ0n) is 17.0. The summed E-state index contributed by atoms with van der Waals surface area (Å²) < 4.78 is 39.4. The zero-order chi connectivity index (χ0) is 23.0. The Morgan fingerprint density at radius 1 is 1.09 bits per heavy atom. The Kier molecular flexibility index (Phi) is 6.28. The zero-order valence-corrected chi connectivity index (χ0v) is 19.4. The molecule has 32 heavy (non-hydrogen) atoms. The Balaban J connectivity index is 1.56. The van der Waals surface area contributed by atoms with Gasteiger partial charge in [-0.15, -0.1) is 34.4 Å². The summed E-state index contributed by atoms with van der Waals surface area (Å²) in [5.41, 5.74) is 2.65. The molecule has 10 heteroatoms. The number of aryl methyl sites for hydroxylation is 2. The predicted octanol–water partition coefficient (Wildman–Crippen LogP) is 6.97. The summed E-state index contributed by atoms with van der Waals surface area (Å²) in [6.45, 7) is 3.86. The van der Waals surface area contributed by atoms with Crippen molar-refractivity contribution in [3.05, 3.63) is 63.1 Å². The number of benzene rings is 2. The molecule has 0 aliphatic heterocycles. The van der Waals surface area contributed by atoms with E-state index in [0.29, 0.717) is 21.3 Å². The molecule has 2 aromatic heterocycles. The van der Waals surface area contributed by atoms with Crippen LogP contribution < -0.4 is 0 Å². The van der Waals surface area contributed by atoms with Crippen LogP contribution in [0.5, 0.6) is 0 Å². The standard InChI is InChI=1S/C22H17F3N2O2S3/c1-11-7-15-20(32-18(27-15)9-19(28)29)16(8-11)30-10-17-12(2)26-21(31-17)13-3-5-14(6-4-13)22(23,24)25/h3-8H,9-10H2,1-2H3,(H,28,29). The number of carbonyl (C=O) groups is 1. The van der Waals surface area contributed by atoms with E-state index < -0.39 is 17.7 Å². The van der Waals surface area contributed by atoms with E-state index in [-0.39, 0.29) is 6.42 Å². The summed E-state index contributed by atoms with van der Waals surface area (Å²) in [6, 6.07) is 9.04. The lowest BCUT2D eigenvalue weighted by atomic mass is 10.1. The van der Waals surface area contributed by atoms with Gasteiger partial charge in [0.15, 0.2) is 0 Å². The van der Waals surface area contributed by atoms with Gasteiger partial charge in [0.2, 0.25) is 0 Å². The summed E-state index contributed by atoms with van der Waals surface area (Å²) in [4.78, 5) is 22.1. The summed E-state index contributed by atoms with van der Waals surface area (Å²) in [6.07, 6.45) is -4.47. The van der Waals surface area contributed by atoms with Gasteiger partial charge in [-0.1, -0.05) is 12.1 Å². The molecule has 0 aliphatic carbocycles. The van der Waals surface area contributed by atoms with Gasteiger partial charge in [-0.05, 0) is 43.7 Å². The lowest BCUT2D eigenvalue weighted by molar-refractivity contribution is -0.138. The molecule has 4 nitrogen and oxygen atoms in total. The van der Waals surface area contributed by atoms with Crippen LogP contribution in [0.4, 0.5) is 13.2 Å². The molecule has 0 radical (unpaired) electrons. The average Bonchev–Trinajstić information content (AvgIpc) is 3.27. The van der Waals surface area contributed by atoms with Crippen LogP contribution >= 0.6 is 34.4 Å². The van der Waals surface area contributed by atoms with Crippen molar-refractivity contribution in [2.45, 2.75) is 37.1 Å². The molecule has 0 unspecified atom stereocenters. The van der Waals surface area contributed by atoms with Crippen molar-refractivity contribution in [1.29, 1.82) is 0 Å². The molecule has 0 spiro atoms. The molecule has 0 atom stereocenters. The summed E-state index contributed by atoms with van der Waals surface area (Å²) in [5.74, 6) is -0.263. The molecule has 4 aromatic rings.